The smallest absolute Gasteiger partial charge is 0.416 e. The average Bonchev–Trinajstić information content (AvgIpc) is 2.56. The second kappa shape index (κ2) is 8.58. The van der Waals surface area contributed by atoms with Crippen LogP contribution in [0.4, 0.5) is 13.2 Å². The molecule has 146 valence electrons. The molecule has 0 saturated heterocycles. The maximum atomic E-state index is 12.8. The second-order valence-corrected chi connectivity index (χ2v) is 6.98. The van der Waals surface area contributed by atoms with Crippen molar-refractivity contribution in [2.75, 3.05) is 0 Å². The number of alkyl halides is 3. The maximum absolute atomic E-state index is 12.8. The molecule has 0 heterocycles. The fraction of sp³-hybridized carbons (Fsp3) is 0.235. The molecule has 10 heteroatoms. The Kier molecular flexibility index (Phi) is 6.88. The van der Waals surface area contributed by atoms with E-state index in [0.29, 0.717) is 16.6 Å². The fourth-order valence-corrected chi connectivity index (χ4v) is 2.94. The highest BCUT2D eigenvalue weighted by molar-refractivity contribution is 9.10. The van der Waals surface area contributed by atoms with Crippen molar-refractivity contribution < 1.29 is 32.5 Å². The molecule has 0 aliphatic rings. The summed E-state index contributed by atoms with van der Waals surface area (Å²) >= 11 is 15.0. The molecule has 0 aromatic heterocycles. The molecule has 0 aliphatic heterocycles. The number of benzene rings is 2. The van der Waals surface area contributed by atoms with Crippen LogP contribution in [0.5, 0.6) is 17.2 Å². The third-order valence-corrected chi connectivity index (χ3v) is 4.58. The molecule has 2 aromatic rings. The van der Waals surface area contributed by atoms with Crippen LogP contribution in [-0.4, -0.2) is 17.2 Å². The highest BCUT2D eigenvalue weighted by Gasteiger charge is 2.32. The first kappa shape index (κ1) is 21.7. The summed E-state index contributed by atoms with van der Waals surface area (Å²) in [6, 6.07) is 5.81. The van der Waals surface area contributed by atoms with Crippen LogP contribution in [0.1, 0.15) is 18.9 Å². The van der Waals surface area contributed by atoms with Gasteiger partial charge in [0.2, 0.25) is 0 Å². The van der Waals surface area contributed by atoms with E-state index in [-0.39, 0.29) is 33.7 Å². The lowest BCUT2D eigenvalue weighted by molar-refractivity contribution is -0.145. The van der Waals surface area contributed by atoms with Gasteiger partial charge in [0.05, 0.1) is 20.1 Å². The lowest BCUT2D eigenvalue weighted by atomic mass is 10.2. The van der Waals surface area contributed by atoms with E-state index in [9.17, 15) is 18.0 Å². The van der Waals surface area contributed by atoms with Crippen LogP contribution in [0.25, 0.3) is 0 Å². The van der Waals surface area contributed by atoms with E-state index in [1.165, 1.54) is 18.2 Å². The Hall–Kier alpha value is -1.64. The van der Waals surface area contributed by atoms with E-state index in [4.69, 9.17) is 37.8 Å². The van der Waals surface area contributed by atoms with Gasteiger partial charge in [0, 0.05) is 6.07 Å². The molecule has 4 nitrogen and oxygen atoms in total. The molecule has 1 unspecified atom stereocenters. The van der Waals surface area contributed by atoms with Gasteiger partial charge in [-0.15, -0.1) is 0 Å². The minimum absolute atomic E-state index is 0.150. The van der Waals surface area contributed by atoms with Crippen molar-refractivity contribution in [2.45, 2.75) is 25.6 Å². The highest BCUT2D eigenvalue weighted by Crippen LogP contribution is 2.42. The summed E-state index contributed by atoms with van der Waals surface area (Å²) in [7, 11) is 0. The van der Waals surface area contributed by atoms with Gasteiger partial charge in [-0.25, -0.2) is 4.79 Å². The van der Waals surface area contributed by atoms with Gasteiger partial charge in [0.1, 0.15) is 11.5 Å². The van der Waals surface area contributed by atoms with Gasteiger partial charge in [0.15, 0.2) is 11.9 Å². The normalized spacial score (nSPS) is 12.6. The molecule has 27 heavy (non-hydrogen) atoms. The van der Waals surface area contributed by atoms with E-state index in [1.807, 2.05) is 0 Å². The first-order valence-electron chi connectivity index (χ1n) is 7.46. The average molecular weight is 488 g/mol. The zero-order valence-electron chi connectivity index (χ0n) is 13.6. The Morgan fingerprint density at radius 3 is 2.30 bits per heavy atom. The number of carboxylic acid groups (broad SMARTS) is 1. The van der Waals surface area contributed by atoms with Gasteiger partial charge in [-0.3, -0.25) is 0 Å². The maximum Gasteiger partial charge on any atom is 0.416 e. The van der Waals surface area contributed by atoms with Crippen LogP contribution < -0.4 is 9.47 Å². The Labute approximate surface area is 170 Å². The Morgan fingerprint density at radius 2 is 1.81 bits per heavy atom. The topological polar surface area (TPSA) is 55.8 Å². The van der Waals surface area contributed by atoms with Gasteiger partial charge in [0.25, 0.3) is 0 Å². The number of hydrogen-bond acceptors (Lipinski definition) is 3. The molecular weight excluding hydrogens is 476 g/mol. The van der Waals surface area contributed by atoms with Crippen molar-refractivity contribution >= 4 is 45.1 Å². The second-order valence-electron chi connectivity index (χ2n) is 5.31. The number of halogens is 6. The van der Waals surface area contributed by atoms with Crippen molar-refractivity contribution in [1.29, 1.82) is 0 Å². The van der Waals surface area contributed by atoms with E-state index < -0.39 is 23.8 Å². The summed E-state index contributed by atoms with van der Waals surface area (Å²) in [6.07, 6.45) is -5.45. The Balaban J connectivity index is 2.33. The summed E-state index contributed by atoms with van der Waals surface area (Å²) in [5.41, 5.74) is -1.00. The molecule has 0 radical (unpaired) electrons. The third kappa shape index (κ3) is 5.43. The molecule has 0 bridgehead atoms. The zero-order chi connectivity index (χ0) is 20.4. The molecule has 2 aromatic carbocycles. The summed E-state index contributed by atoms with van der Waals surface area (Å²) < 4.78 is 49.8. The number of ether oxygens (including phenoxy) is 2. The van der Waals surface area contributed by atoms with Gasteiger partial charge < -0.3 is 14.6 Å². The van der Waals surface area contributed by atoms with Crippen molar-refractivity contribution in [2.24, 2.45) is 0 Å². The molecule has 0 fully saturated rings. The SMILES string of the molecule is CCC(Oc1cc(Oc2c(Cl)cc(C(F)(F)F)cc2Cl)ccc1Br)C(=O)O. The van der Waals surface area contributed by atoms with Crippen LogP contribution in [0.15, 0.2) is 34.8 Å². The molecule has 2 rings (SSSR count). The summed E-state index contributed by atoms with van der Waals surface area (Å²) in [5, 5.41) is 8.45. The lowest BCUT2D eigenvalue weighted by Gasteiger charge is -2.17. The van der Waals surface area contributed by atoms with E-state index in [2.05, 4.69) is 15.9 Å². The Morgan fingerprint density at radius 1 is 1.22 bits per heavy atom. The molecule has 1 N–H and O–H groups in total. The minimum Gasteiger partial charge on any atom is -0.479 e. The highest BCUT2D eigenvalue weighted by atomic mass is 79.9. The molecule has 0 saturated carbocycles. The summed E-state index contributed by atoms with van der Waals surface area (Å²) in [5.74, 6) is -0.965. The number of rotatable bonds is 6. The van der Waals surface area contributed by atoms with E-state index in [0.717, 1.165) is 0 Å². The van der Waals surface area contributed by atoms with E-state index in [1.54, 1.807) is 6.92 Å². The predicted octanol–water partition coefficient (Wildman–Crippen LogP) is 6.81. The number of carboxylic acids is 1. The van der Waals surface area contributed by atoms with Crippen molar-refractivity contribution in [1.82, 2.24) is 0 Å². The quantitative estimate of drug-likeness (QED) is 0.486. The number of carbonyl (C=O) groups is 1. The third-order valence-electron chi connectivity index (χ3n) is 3.36. The predicted molar refractivity (Wildman–Crippen MR) is 98.0 cm³/mol. The van der Waals surface area contributed by atoms with Gasteiger partial charge >= 0.3 is 12.1 Å². The summed E-state index contributed by atoms with van der Waals surface area (Å²) in [4.78, 5) is 11.1. The standard InChI is InChI=1S/C17H12BrCl2F3O4/c1-2-13(16(24)25)27-14-7-9(3-4-10(14)18)26-15-11(19)5-8(6-12(15)20)17(21,22)23/h3-7,13H,2H2,1H3,(H,24,25). The van der Waals surface area contributed by atoms with Crippen LogP contribution in [-0.2, 0) is 11.0 Å². The van der Waals surface area contributed by atoms with Crippen LogP contribution in [0.2, 0.25) is 10.0 Å². The zero-order valence-corrected chi connectivity index (χ0v) is 16.7. The minimum atomic E-state index is -4.60. The first-order valence-corrected chi connectivity index (χ1v) is 9.01. The Bertz CT molecular complexity index is 836. The molecule has 1 atom stereocenters. The van der Waals surface area contributed by atoms with Crippen LogP contribution in [0.3, 0.4) is 0 Å². The molecule has 0 spiro atoms. The van der Waals surface area contributed by atoms with Crippen LogP contribution >= 0.6 is 39.1 Å². The fourth-order valence-electron chi connectivity index (χ4n) is 2.04. The summed E-state index contributed by atoms with van der Waals surface area (Å²) in [6.45, 7) is 1.65. The van der Waals surface area contributed by atoms with Crippen LogP contribution in [0, 0.1) is 0 Å². The monoisotopic (exact) mass is 486 g/mol. The first-order chi connectivity index (χ1) is 12.5. The molecular formula is C17H12BrCl2F3O4. The van der Waals surface area contributed by atoms with E-state index >= 15 is 0 Å². The van der Waals surface area contributed by atoms with Crippen molar-refractivity contribution in [3.63, 3.8) is 0 Å². The lowest BCUT2D eigenvalue weighted by Crippen LogP contribution is -2.26. The number of hydrogen-bond donors (Lipinski definition) is 1. The van der Waals surface area contributed by atoms with Gasteiger partial charge in [-0.05, 0) is 46.6 Å². The molecule has 0 aliphatic carbocycles. The van der Waals surface area contributed by atoms with Gasteiger partial charge in [-0.2, -0.15) is 13.2 Å². The number of aliphatic carboxylic acids is 1. The van der Waals surface area contributed by atoms with Gasteiger partial charge in [-0.1, -0.05) is 30.1 Å². The largest absolute Gasteiger partial charge is 0.479 e. The molecule has 0 amide bonds. The van der Waals surface area contributed by atoms with Crippen molar-refractivity contribution in [3.05, 3.63) is 50.4 Å². The van der Waals surface area contributed by atoms with Crippen molar-refractivity contribution in [3.8, 4) is 17.2 Å².